The Morgan fingerprint density at radius 3 is 2.80 bits per heavy atom. The third-order valence-corrected chi connectivity index (χ3v) is 2.93. The molecule has 0 saturated carbocycles. The molecular weight excluding hydrogens is 379 g/mol. The number of benzene rings is 1. The van der Waals surface area contributed by atoms with Crippen LogP contribution in [-0.2, 0) is 6.54 Å². The molecule has 1 aromatic rings. The Balaban J connectivity index is 0.00000200. The Labute approximate surface area is 134 Å². The second kappa shape index (κ2) is 7.61. The summed E-state index contributed by atoms with van der Waals surface area (Å²) in [5.74, 6) is 0.985. The topological polar surface area (TPSA) is 36.9 Å². The van der Waals surface area contributed by atoms with Crippen molar-refractivity contribution in [1.29, 1.82) is 0 Å². The van der Waals surface area contributed by atoms with Crippen LogP contribution in [-0.4, -0.2) is 37.6 Å². The summed E-state index contributed by atoms with van der Waals surface area (Å²) in [5, 5.41) is 3.14. The molecule has 1 N–H and O–H groups in total. The number of hydrogen-bond donors (Lipinski definition) is 1. The number of nitrogens with zero attached hydrogens (tertiary/aromatic N) is 2. The number of halogens is 3. The first-order valence-electron chi connectivity index (χ1n) is 6.10. The lowest BCUT2D eigenvalue weighted by molar-refractivity contribution is -0.0504. The van der Waals surface area contributed by atoms with E-state index < -0.39 is 6.61 Å². The fourth-order valence-corrected chi connectivity index (χ4v) is 1.95. The van der Waals surface area contributed by atoms with E-state index in [1.807, 2.05) is 24.9 Å². The third-order valence-electron chi connectivity index (χ3n) is 2.93. The maximum absolute atomic E-state index is 12.3. The molecule has 4 nitrogen and oxygen atoms in total. The zero-order valence-corrected chi connectivity index (χ0v) is 13.7. The van der Waals surface area contributed by atoms with Gasteiger partial charge in [-0.2, -0.15) is 8.78 Å². The molecule has 112 valence electrons. The number of likely N-dealkylation sites (N-methyl/N-ethyl adjacent to an activating group) is 1. The average Bonchev–Trinajstić information content (AvgIpc) is 2.75. The predicted molar refractivity (Wildman–Crippen MR) is 85.0 cm³/mol. The molecule has 1 aliphatic heterocycles. The Kier molecular flexibility index (Phi) is 6.44. The second-order valence-corrected chi connectivity index (χ2v) is 4.47. The third kappa shape index (κ3) is 4.46. The maximum Gasteiger partial charge on any atom is 0.387 e. The molecule has 0 saturated heterocycles. The summed E-state index contributed by atoms with van der Waals surface area (Å²) in [6.07, 6.45) is 0. The quantitative estimate of drug-likeness (QED) is 0.794. The first-order chi connectivity index (χ1) is 9.06. The van der Waals surface area contributed by atoms with E-state index in [4.69, 9.17) is 0 Å². The van der Waals surface area contributed by atoms with Crippen molar-refractivity contribution in [2.24, 2.45) is 4.99 Å². The molecule has 1 aliphatic rings. The van der Waals surface area contributed by atoms with Crippen molar-refractivity contribution in [1.82, 2.24) is 10.2 Å². The number of aryl methyl sites for hydroxylation is 1. The highest BCUT2D eigenvalue weighted by molar-refractivity contribution is 14.0. The van der Waals surface area contributed by atoms with Crippen LogP contribution >= 0.6 is 24.0 Å². The van der Waals surface area contributed by atoms with Gasteiger partial charge in [0.25, 0.3) is 0 Å². The van der Waals surface area contributed by atoms with Gasteiger partial charge in [-0.25, -0.2) is 0 Å². The Morgan fingerprint density at radius 1 is 1.45 bits per heavy atom. The van der Waals surface area contributed by atoms with Gasteiger partial charge in [0.2, 0.25) is 0 Å². The second-order valence-electron chi connectivity index (χ2n) is 4.47. The van der Waals surface area contributed by atoms with Crippen LogP contribution < -0.4 is 10.1 Å². The fourth-order valence-electron chi connectivity index (χ4n) is 1.95. The van der Waals surface area contributed by atoms with Crippen LogP contribution in [0.1, 0.15) is 11.1 Å². The number of alkyl halides is 2. The molecule has 0 aliphatic carbocycles. The summed E-state index contributed by atoms with van der Waals surface area (Å²) in [7, 11) is 1.94. The molecule has 7 heteroatoms. The molecule has 0 radical (unpaired) electrons. The maximum atomic E-state index is 12.3. The minimum atomic E-state index is -2.81. The molecule has 20 heavy (non-hydrogen) atoms. The summed E-state index contributed by atoms with van der Waals surface area (Å²) >= 11 is 0. The number of rotatable bonds is 4. The molecule has 0 fully saturated rings. The lowest BCUT2D eigenvalue weighted by atomic mass is 10.1. The van der Waals surface area contributed by atoms with Crippen molar-refractivity contribution in [2.75, 3.05) is 20.1 Å². The summed E-state index contributed by atoms with van der Waals surface area (Å²) in [5.41, 5.74) is 1.70. The predicted octanol–water partition coefficient (Wildman–Crippen LogP) is 2.61. The van der Waals surface area contributed by atoms with Crippen molar-refractivity contribution in [3.8, 4) is 5.75 Å². The molecule has 2 rings (SSSR count). The summed E-state index contributed by atoms with van der Waals surface area (Å²) in [6, 6.07) is 5.15. The van der Waals surface area contributed by atoms with Crippen LogP contribution in [0.25, 0.3) is 0 Å². The summed E-state index contributed by atoms with van der Waals surface area (Å²) < 4.78 is 29.2. The first-order valence-corrected chi connectivity index (χ1v) is 6.10. The van der Waals surface area contributed by atoms with Crippen LogP contribution in [0.15, 0.2) is 23.2 Å². The molecule has 0 amide bonds. The van der Waals surface area contributed by atoms with Gasteiger partial charge in [-0.15, -0.1) is 24.0 Å². The van der Waals surface area contributed by atoms with E-state index in [0.29, 0.717) is 12.1 Å². The normalized spacial score (nSPS) is 14.1. The van der Waals surface area contributed by atoms with Crippen LogP contribution in [0.3, 0.4) is 0 Å². The van der Waals surface area contributed by atoms with Crippen LogP contribution in [0, 0.1) is 6.92 Å². The standard InChI is InChI=1S/C13H17F2N3O.HI/c1-9-3-4-11(19-12(14)15)10(7-9)8-17-13-16-5-6-18(13)2;/h3-4,7,12H,5-6,8H2,1-2H3,(H,16,17);1H. The highest BCUT2D eigenvalue weighted by Gasteiger charge is 2.14. The Bertz CT molecular complexity index is 483. The van der Waals surface area contributed by atoms with E-state index in [9.17, 15) is 8.78 Å². The number of ether oxygens (including phenoxy) is 1. The SMILES string of the molecule is Cc1ccc(OC(F)F)c(CNC2=NCCN2C)c1.I. The highest BCUT2D eigenvalue weighted by atomic mass is 127. The van der Waals surface area contributed by atoms with Gasteiger partial charge >= 0.3 is 6.61 Å². The van der Waals surface area contributed by atoms with Gasteiger partial charge < -0.3 is 15.0 Å². The molecule has 0 unspecified atom stereocenters. The molecule has 1 heterocycles. The van der Waals surface area contributed by atoms with Gasteiger partial charge in [0.15, 0.2) is 5.96 Å². The largest absolute Gasteiger partial charge is 0.434 e. The molecule has 0 bridgehead atoms. The van der Waals surface area contributed by atoms with Gasteiger partial charge in [0.05, 0.1) is 6.54 Å². The van der Waals surface area contributed by atoms with Crippen molar-refractivity contribution in [3.63, 3.8) is 0 Å². The molecule has 1 aromatic carbocycles. The van der Waals surface area contributed by atoms with Gasteiger partial charge in [0.1, 0.15) is 5.75 Å². The van der Waals surface area contributed by atoms with Gasteiger partial charge in [-0.05, 0) is 13.0 Å². The number of guanidine groups is 1. The highest BCUT2D eigenvalue weighted by Crippen LogP contribution is 2.22. The molecule has 0 atom stereocenters. The van der Waals surface area contributed by atoms with Gasteiger partial charge in [-0.3, -0.25) is 4.99 Å². The summed E-state index contributed by atoms with van der Waals surface area (Å²) in [4.78, 5) is 6.28. The summed E-state index contributed by atoms with van der Waals surface area (Å²) in [6.45, 7) is 1.14. The minimum absolute atomic E-state index is 0. The monoisotopic (exact) mass is 397 g/mol. The van der Waals surface area contributed by atoms with E-state index >= 15 is 0 Å². The molecule has 0 aromatic heterocycles. The van der Waals surface area contributed by atoms with E-state index in [1.165, 1.54) is 0 Å². The zero-order chi connectivity index (χ0) is 13.8. The van der Waals surface area contributed by atoms with Crippen LogP contribution in [0.5, 0.6) is 5.75 Å². The Hall–Kier alpha value is -1.12. The lowest BCUT2D eigenvalue weighted by Crippen LogP contribution is -2.35. The average molecular weight is 397 g/mol. The minimum Gasteiger partial charge on any atom is -0.434 e. The zero-order valence-electron chi connectivity index (χ0n) is 11.4. The molecular formula is C13H18F2IN3O. The Morgan fingerprint density at radius 2 is 2.20 bits per heavy atom. The first kappa shape index (κ1) is 16.9. The van der Waals surface area contributed by atoms with E-state index in [1.54, 1.807) is 12.1 Å². The number of nitrogens with one attached hydrogen (secondary N) is 1. The van der Waals surface area contributed by atoms with Crippen molar-refractivity contribution in [3.05, 3.63) is 29.3 Å². The van der Waals surface area contributed by atoms with Crippen molar-refractivity contribution >= 4 is 29.9 Å². The van der Waals surface area contributed by atoms with E-state index in [2.05, 4.69) is 15.0 Å². The van der Waals surface area contributed by atoms with Crippen LogP contribution in [0.4, 0.5) is 8.78 Å². The van der Waals surface area contributed by atoms with E-state index in [0.717, 1.165) is 24.6 Å². The van der Waals surface area contributed by atoms with Crippen molar-refractivity contribution < 1.29 is 13.5 Å². The molecule has 0 spiro atoms. The number of aliphatic imine (C=N–C) groups is 1. The van der Waals surface area contributed by atoms with E-state index in [-0.39, 0.29) is 29.7 Å². The van der Waals surface area contributed by atoms with Gasteiger partial charge in [0, 0.05) is 25.7 Å². The van der Waals surface area contributed by atoms with Crippen LogP contribution in [0.2, 0.25) is 0 Å². The van der Waals surface area contributed by atoms with Gasteiger partial charge in [-0.1, -0.05) is 17.7 Å². The number of hydrogen-bond acceptors (Lipinski definition) is 4. The van der Waals surface area contributed by atoms with Crippen molar-refractivity contribution in [2.45, 2.75) is 20.1 Å². The lowest BCUT2D eigenvalue weighted by Gasteiger charge is -2.17. The smallest absolute Gasteiger partial charge is 0.387 e. The fraction of sp³-hybridized carbons (Fsp3) is 0.462.